The van der Waals surface area contributed by atoms with Crippen molar-refractivity contribution in [3.8, 4) is 5.75 Å². The lowest BCUT2D eigenvalue weighted by Gasteiger charge is -2.19. The number of esters is 1. The Balaban J connectivity index is 2.12. The van der Waals surface area contributed by atoms with Crippen LogP contribution in [-0.4, -0.2) is 25.6 Å². The van der Waals surface area contributed by atoms with Gasteiger partial charge in [-0.3, -0.25) is 9.59 Å². The summed E-state index contributed by atoms with van der Waals surface area (Å²) in [5.41, 5.74) is 1.43. The van der Waals surface area contributed by atoms with Crippen molar-refractivity contribution in [1.82, 2.24) is 5.32 Å². The van der Waals surface area contributed by atoms with E-state index in [9.17, 15) is 14.0 Å². The van der Waals surface area contributed by atoms with Crippen LogP contribution in [-0.2, 0) is 20.7 Å². The van der Waals surface area contributed by atoms with Gasteiger partial charge in [0, 0.05) is 0 Å². The number of benzene rings is 2. The zero-order valence-corrected chi connectivity index (χ0v) is 14.8. The van der Waals surface area contributed by atoms with Crippen molar-refractivity contribution in [3.05, 3.63) is 65.5 Å². The molecule has 2 aromatic carbocycles. The minimum absolute atomic E-state index is 0.0101. The lowest BCUT2D eigenvalue weighted by Crippen LogP contribution is -2.31. The highest BCUT2D eigenvalue weighted by Gasteiger charge is 2.20. The zero-order valence-electron chi connectivity index (χ0n) is 14.8. The van der Waals surface area contributed by atoms with Gasteiger partial charge in [-0.1, -0.05) is 24.3 Å². The van der Waals surface area contributed by atoms with E-state index in [0.717, 1.165) is 5.56 Å². The largest absolute Gasteiger partial charge is 0.497 e. The molecule has 0 bridgehead atoms. The van der Waals surface area contributed by atoms with Gasteiger partial charge in [-0.15, -0.1) is 0 Å². The molecule has 2 aromatic rings. The van der Waals surface area contributed by atoms with Gasteiger partial charge in [0.05, 0.1) is 32.6 Å². The topological polar surface area (TPSA) is 64.6 Å². The fourth-order valence-corrected chi connectivity index (χ4v) is 2.53. The van der Waals surface area contributed by atoms with Crippen LogP contribution < -0.4 is 10.1 Å². The van der Waals surface area contributed by atoms with Gasteiger partial charge in [0.25, 0.3) is 0 Å². The number of hydrogen-bond donors (Lipinski definition) is 1. The van der Waals surface area contributed by atoms with Crippen LogP contribution >= 0.6 is 0 Å². The monoisotopic (exact) mass is 359 g/mol. The van der Waals surface area contributed by atoms with Crippen molar-refractivity contribution in [2.24, 2.45) is 0 Å². The lowest BCUT2D eigenvalue weighted by atomic mass is 10.0. The summed E-state index contributed by atoms with van der Waals surface area (Å²) in [6.45, 7) is 2.00. The fourth-order valence-electron chi connectivity index (χ4n) is 2.53. The van der Waals surface area contributed by atoms with E-state index in [0.29, 0.717) is 11.3 Å². The zero-order chi connectivity index (χ0) is 18.9. The number of nitrogens with one attached hydrogen (secondary N) is 1. The molecule has 26 heavy (non-hydrogen) atoms. The molecule has 5 nitrogen and oxygen atoms in total. The van der Waals surface area contributed by atoms with Gasteiger partial charge in [-0.25, -0.2) is 4.39 Å². The molecule has 0 aliphatic heterocycles. The number of methoxy groups -OCH3 is 1. The number of amides is 1. The number of halogens is 1. The van der Waals surface area contributed by atoms with E-state index in [1.807, 2.05) is 6.07 Å². The highest BCUT2D eigenvalue weighted by Crippen LogP contribution is 2.22. The average Bonchev–Trinajstić information content (AvgIpc) is 2.63. The Bertz CT molecular complexity index is 746. The van der Waals surface area contributed by atoms with Crippen molar-refractivity contribution in [1.29, 1.82) is 0 Å². The molecular formula is C20H22FNO4. The summed E-state index contributed by atoms with van der Waals surface area (Å²) in [6, 6.07) is 12.3. The molecule has 0 fully saturated rings. The van der Waals surface area contributed by atoms with Gasteiger partial charge in [-0.2, -0.15) is 0 Å². The number of ether oxygens (including phenoxy) is 2. The summed E-state index contributed by atoms with van der Waals surface area (Å²) in [5.74, 6) is -0.397. The van der Waals surface area contributed by atoms with E-state index in [4.69, 9.17) is 9.47 Å². The van der Waals surface area contributed by atoms with Crippen LogP contribution in [0.5, 0.6) is 5.75 Å². The number of carbonyl (C=O) groups excluding carboxylic acids is 2. The summed E-state index contributed by atoms with van der Waals surface area (Å²) in [7, 11) is 1.55. The number of rotatable bonds is 8. The molecule has 0 aliphatic carbocycles. The van der Waals surface area contributed by atoms with E-state index < -0.39 is 12.0 Å². The number of hydrogen-bond acceptors (Lipinski definition) is 4. The Hall–Kier alpha value is -2.89. The van der Waals surface area contributed by atoms with Gasteiger partial charge in [0.2, 0.25) is 5.91 Å². The van der Waals surface area contributed by atoms with Gasteiger partial charge in [0.1, 0.15) is 11.6 Å². The van der Waals surface area contributed by atoms with Crippen LogP contribution in [0.4, 0.5) is 4.39 Å². The summed E-state index contributed by atoms with van der Waals surface area (Å²) in [5, 5.41) is 2.85. The highest BCUT2D eigenvalue weighted by molar-refractivity contribution is 5.80. The molecule has 0 saturated heterocycles. The number of carbonyl (C=O) groups is 2. The van der Waals surface area contributed by atoms with Crippen LogP contribution in [0.25, 0.3) is 0 Å². The Labute approximate surface area is 152 Å². The minimum atomic E-state index is -0.544. The van der Waals surface area contributed by atoms with E-state index in [2.05, 4.69) is 5.32 Å². The van der Waals surface area contributed by atoms with Crippen molar-refractivity contribution < 1.29 is 23.5 Å². The maximum absolute atomic E-state index is 13.0. The minimum Gasteiger partial charge on any atom is -0.497 e. The molecule has 0 radical (unpaired) electrons. The van der Waals surface area contributed by atoms with Crippen LogP contribution in [0.15, 0.2) is 48.5 Å². The molecule has 1 atom stereocenters. The third kappa shape index (κ3) is 5.88. The third-order valence-corrected chi connectivity index (χ3v) is 3.79. The van der Waals surface area contributed by atoms with Crippen LogP contribution in [0.1, 0.15) is 30.5 Å². The Kier molecular flexibility index (Phi) is 7.14. The molecule has 0 aliphatic rings. The summed E-state index contributed by atoms with van der Waals surface area (Å²) >= 11 is 0. The first-order valence-electron chi connectivity index (χ1n) is 8.35. The Morgan fingerprint density at radius 3 is 2.54 bits per heavy atom. The van der Waals surface area contributed by atoms with Crippen molar-refractivity contribution in [2.45, 2.75) is 25.8 Å². The van der Waals surface area contributed by atoms with Gasteiger partial charge < -0.3 is 14.8 Å². The molecule has 2 rings (SSSR count). The smallest absolute Gasteiger partial charge is 0.308 e. The van der Waals surface area contributed by atoms with Gasteiger partial charge in [0.15, 0.2) is 0 Å². The van der Waals surface area contributed by atoms with Gasteiger partial charge >= 0.3 is 5.97 Å². The molecule has 6 heteroatoms. The normalized spacial score (nSPS) is 11.5. The maximum atomic E-state index is 13.0. The highest BCUT2D eigenvalue weighted by atomic mass is 19.1. The second kappa shape index (κ2) is 9.56. The van der Waals surface area contributed by atoms with Crippen molar-refractivity contribution in [3.63, 3.8) is 0 Å². The lowest BCUT2D eigenvalue weighted by molar-refractivity contribution is -0.143. The van der Waals surface area contributed by atoms with E-state index in [-0.39, 0.29) is 31.2 Å². The molecule has 138 valence electrons. The van der Waals surface area contributed by atoms with Crippen molar-refractivity contribution >= 4 is 11.9 Å². The molecule has 0 spiro atoms. The second-order valence-corrected chi connectivity index (χ2v) is 5.71. The van der Waals surface area contributed by atoms with Crippen LogP contribution in [0.3, 0.4) is 0 Å². The molecule has 0 heterocycles. The predicted molar refractivity (Wildman–Crippen MR) is 95.2 cm³/mol. The van der Waals surface area contributed by atoms with E-state index >= 15 is 0 Å². The first-order valence-corrected chi connectivity index (χ1v) is 8.35. The summed E-state index contributed by atoms with van der Waals surface area (Å²) < 4.78 is 23.2. The first-order chi connectivity index (χ1) is 12.5. The quantitative estimate of drug-likeness (QED) is 0.735. The van der Waals surface area contributed by atoms with Crippen molar-refractivity contribution in [2.75, 3.05) is 13.7 Å². The predicted octanol–water partition coefficient (Wildman–Crippen LogP) is 3.19. The molecule has 0 saturated carbocycles. The summed E-state index contributed by atoms with van der Waals surface area (Å²) in [6.07, 6.45) is 0.0970. The third-order valence-electron chi connectivity index (χ3n) is 3.79. The maximum Gasteiger partial charge on any atom is 0.308 e. The first kappa shape index (κ1) is 19.4. The second-order valence-electron chi connectivity index (χ2n) is 5.71. The molecular weight excluding hydrogens is 337 g/mol. The van der Waals surface area contributed by atoms with Gasteiger partial charge in [-0.05, 0) is 42.3 Å². The van der Waals surface area contributed by atoms with Crippen LogP contribution in [0, 0.1) is 5.82 Å². The van der Waals surface area contributed by atoms with Crippen LogP contribution in [0.2, 0.25) is 0 Å². The average molecular weight is 359 g/mol. The molecule has 1 N–H and O–H groups in total. The molecule has 1 unspecified atom stereocenters. The SMILES string of the molecule is CCOC(=O)CC(NC(=O)Cc1ccc(F)cc1)c1cccc(OC)c1. The standard InChI is InChI=1S/C20H22FNO4/c1-3-26-20(24)13-18(15-5-4-6-17(12-15)25-2)22-19(23)11-14-7-9-16(21)10-8-14/h4-10,12,18H,3,11,13H2,1-2H3,(H,22,23). The summed E-state index contributed by atoms with van der Waals surface area (Å²) in [4.78, 5) is 24.3. The van der Waals surface area contributed by atoms with E-state index in [1.165, 1.54) is 12.1 Å². The Morgan fingerprint density at radius 2 is 1.88 bits per heavy atom. The Morgan fingerprint density at radius 1 is 1.15 bits per heavy atom. The fraction of sp³-hybridized carbons (Fsp3) is 0.300. The molecule has 1 amide bonds. The molecule has 0 aromatic heterocycles. The van der Waals surface area contributed by atoms with E-state index in [1.54, 1.807) is 44.4 Å².